The van der Waals surface area contributed by atoms with Gasteiger partial charge in [0.05, 0.1) is 17.4 Å². The van der Waals surface area contributed by atoms with Gasteiger partial charge in [0.25, 0.3) is 5.24 Å². The minimum atomic E-state index is -0.493. The molecule has 3 nitrogen and oxygen atoms in total. The number of para-hydroxylation sites is 1. The van der Waals surface area contributed by atoms with Gasteiger partial charge in [0, 0.05) is 6.20 Å². The van der Waals surface area contributed by atoms with E-state index in [1.54, 1.807) is 10.9 Å². The molecule has 1 aromatic heterocycles. The number of rotatable bonds is 2. The second-order valence-corrected chi connectivity index (χ2v) is 3.13. The molecule has 0 saturated carbocycles. The first-order valence-corrected chi connectivity index (χ1v) is 4.45. The van der Waals surface area contributed by atoms with E-state index in [2.05, 4.69) is 5.10 Å². The molecule has 0 spiro atoms. The summed E-state index contributed by atoms with van der Waals surface area (Å²) in [5.74, 6) is 0. The van der Waals surface area contributed by atoms with Gasteiger partial charge in [-0.05, 0) is 23.7 Å². The zero-order chi connectivity index (χ0) is 9.97. The molecule has 14 heavy (non-hydrogen) atoms. The molecule has 0 bridgehead atoms. The first-order chi connectivity index (χ1) is 6.77. The van der Waals surface area contributed by atoms with Crippen molar-refractivity contribution < 1.29 is 4.79 Å². The van der Waals surface area contributed by atoms with Gasteiger partial charge in [0.1, 0.15) is 0 Å². The quantitative estimate of drug-likeness (QED) is 0.707. The summed E-state index contributed by atoms with van der Waals surface area (Å²) in [6, 6.07) is 9.52. The fourth-order valence-electron chi connectivity index (χ4n) is 1.15. The maximum Gasteiger partial charge on any atom is 0.255 e. The number of carbonyl (C=O) groups is 1. The molecule has 0 amide bonds. The Morgan fingerprint density at radius 3 is 2.57 bits per heavy atom. The van der Waals surface area contributed by atoms with Crippen LogP contribution in [0.5, 0.6) is 0 Å². The molecule has 1 heterocycles. The number of benzene rings is 1. The number of hydrogen-bond acceptors (Lipinski definition) is 2. The van der Waals surface area contributed by atoms with E-state index < -0.39 is 5.24 Å². The molecule has 0 unspecified atom stereocenters. The predicted octanol–water partition coefficient (Wildman–Crippen LogP) is 2.25. The van der Waals surface area contributed by atoms with Gasteiger partial charge in [-0.3, -0.25) is 4.79 Å². The third kappa shape index (κ3) is 1.67. The van der Waals surface area contributed by atoms with Gasteiger partial charge in [-0.25, -0.2) is 4.68 Å². The molecule has 0 fully saturated rings. The van der Waals surface area contributed by atoms with E-state index in [4.69, 9.17) is 11.6 Å². The van der Waals surface area contributed by atoms with E-state index in [9.17, 15) is 4.79 Å². The van der Waals surface area contributed by atoms with Gasteiger partial charge < -0.3 is 0 Å². The summed E-state index contributed by atoms with van der Waals surface area (Å²) in [7, 11) is 0. The van der Waals surface area contributed by atoms with Crippen LogP contribution in [0.2, 0.25) is 0 Å². The van der Waals surface area contributed by atoms with E-state index in [1.165, 1.54) is 6.20 Å². The van der Waals surface area contributed by atoms with Gasteiger partial charge >= 0.3 is 0 Å². The van der Waals surface area contributed by atoms with Crippen LogP contribution in [0, 0.1) is 0 Å². The minimum absolute atomic E-state index is 0.399. The summed E-state index contributed by atoms with van der Waals surface area (Å²) < 4.78 is 1.61. The number of aromatic nitrogens is 2. The standard InChI is InChI=1S/C10H7ClN2O/c11-10(14)8-6-12-13(7-8)9-4-2-1-3-5-9/h1-7H. The summed E-state index contributed by atoms with van der Waals surface area (Å²) in [6.45, 7) is 0. The zero-order valence-corrected chi connectivity index (χ0v) is 7.98. The van der Waals surface area contributed by atoms with Crippen LogP contribution in [0.1, 0.15) is 10.4 Å². The Kier molecular flexibility index (Phi) is 2.33. The Morgan fingerprint density at radius 1 is 1.29 bits per heavy atom. The van der Waals surface area contributed by atoms with Crippen LogP contribution in [-0.4, -0.2) is 15.0 Å². The summed E-state index contributed by atoms with van der Waals surface area (Å²) >= 11 is 5.31. The maximum absolute atomic E-state index is 10.8. The van der Waals surface area contributed by atoms with Crippen molar-refractivity contribution in [3.63, 3.8) is 0 Å². The SMILES string of the molecule is O=C(Cl)c1cnn(-c2ccccc2)c1. The Bertz CT molecular complexity index is 450. The van der Waals surface area contributed by atoms with Crippen molar-refractivity contribution in [3.8, 4) is 5.69 Å². The number of carbonyl (C=O) groups excluding carboxylic acids is 1. The van der Waals surface area contributed by atoms with Gasteiger partial charge in [0.15, 0.2) is 0 Å². The molecule has 0 atom stereocenters. The van der Waals surface area contributed by atoms with Crippen molar-refractivity contribution in [2.75, 3.05) is 0 Å². The van der Waals surface area contributed by atoms with Crippen molar-refractivity contribution >= 4 is 16.8 Å². The molecule has 70 valence electrons. The third-order valence-electron chi connectivity index (χ3n) is 1.83. The molecular formula is C10H7ClN2O. The lowest BCUT2D eigenvalue weighted by molar-refractivity contribution is 0.108. The van der Waals surface area contributed by atoms with Gasteiger partial charge in [-0.1, -0.05) is 18.2 Å². The van der Waals surface area contributed by atoms with Crippen molar-refractivity contribution in [1.29, 1.82) is 0 Å². The monoisotopic (exact) mass is 206 g/mol. The van der Waals surface area contributed by atoms with Gasteiger partial charge in [0.2, 0.25) is 0 Å². The highest BCUT2D eigenvalue weighted by Crippen LogP contribution is 2.08. The fourth-order valence-corrected chi connectivity index (χ4v) is 1.24. The average Bonchev–Trinajstić information content (AvgIpc) is 2.68. The van der Waals surface area contributed by atoms with Gasteiger partial charge in [-0.2, -0.15) is 5.10 Å². The third-order valence-corrected chi connectivity index (χ3v) is 2.05. The summed E-state index contributed by atoms with van der Waals surface area (Å²) in [6.07, 6.45) is 3.05. The largest absolute Gasteiger partial charge is 0.275 e. The van der Waals surface area contributed by atoms with E-state index in [0.29, 0.717) is 5.56 Å². The highest BCUT2D eigenvalue weighted by molar-refractivity contribution is 6.67. The van der Waals surface area contributed by atoms with Crippen molar-refractivity contribution in [3.05, 3.63) is 48.3 Å². The predicted molar refractivity (Wildman–Crippen MR) is 53.7 cm³/mol. The Morgan fingerprint density at radius 2 is 2.00 bits per heavy atom. The van der Waals surface area contributed by atoms with Crippen LogP contribution in [-0.2, 0) is 0 Å². The van der Waals surface area contributed by atoms with Crippen LogP contribution < -0.4 is 0 Å². The summed E-state index contributed by atoms with van der Waals surface area (Å²) in [4.78, 5) is 10.8. The molecule has 0 aliphatic heterocycles. The molecule has 0 aliphatic rings. The molecule has 0 saturated heterocycles. The Hall–Kier alpha value is -1.61. The molecular weight excluding hydrogens is 200 g/mol. The fraction of sp³-hybridized carbons (Fsp3) is 0. The van der Waals surface area contributed by atoms with Crippen LogP contribution in [0.25, 0.3) is 5.69 Å². The smallest absolute Gasteiger partial charge is 0.255 e. The Labute approximate surface area is 85.9 Å². The van der Waals surface area contributed by atoms with E-state index in [0.717, 1.165) is 5.69 Å². The van der Waals surface area contributed by atoms with Crippen LogP contribution in [0.15, 0.2) is 42.7 Å². The van der Waals surface area contributed by atoms with Crippen molar-refractivity contribution in [2.24, 2.45) is 0 Å². The maximum atomic E-state index is 10.8. The lowest BCUT2D eigenvalue weighted by Crippen LogP contribution is -1.93. The zero-order valence-electron chi connectivity index (χ0n) is 7.22. The topological polar surface area (TPSA) is 34.9 Å². The lowest BCUT2D eigenvalue weighted by atomic mass is 10.3. The molecule has 1 aromatic carbocycles. The minimum Gasteiger partial charge on any atom is -0.275 e. The first-order valence-electron chi connectivity index (χ1n) is 4.07. The van der Waals surface area contributed by atoms with Crippen LogP contribution in [0.4, 0.5) is 0 Å². The van der Waals surface area contributed by atoms with Crippen LogP contribution >= 0.6 is 11.6 Å². The molecule has 0 N–H and O–H groups in total. The number of hydrogen-bond donors (Lipinski definition) is 0. The molecule has 2 rings (SSSR count). The second kappa shape index (κ2) is 3.64. The second-order valence-electron chi connectivity index (χ2n) is 2.78. The Balaban J connectivity index is 2.39. The average molecular weight is 207 g/mol. The lowest BCUT2D eigenvalue weighted by Gasteiger charge is -1.98. The number of halogens is 1. The van der Waals surface area contributed by atoms with Crippen LogP contribution in [0.3, 0.4) is 0 Å². The first kappa shape index (κ1) is 8.97. The van der Waals surface area contributed by atoms with Crippen molar-refractivity contribution in [2.45, 2.75) is 0 Å². The molecule has 0 radical (unpaired) electrons. The van der Waals surface area contributed by atoms with E-state index in [1.807, 2.05) is 30.3 Å². The molecule has 0 aliphatic carbocycles. The number of nitrogens with zero attached hydrogens (tertiary/aromatic N) is 2. The highest BCUT2D eigenvalue weighted by Gasteiger charge is 2.05. The van der Waals surface area contributed by atoms with Crippen molar-refractivity contribution in [1.82, 2.24) is 9.78 Å². The summed E-state index contributed by atoms with van der Waals surface area (Å²) in [5.41, 5.74) is 1.30. The molecule has 4 heteroatoms. The van der Waals surface area contributed by atoms with E-state index in [-0.39, 0.29) is 0 Å². The van der Waals surface area contributed by atoms with E-state index >= 15 is 0 Å². The molecule has 2 aromatic rings. The summed E-state index contributed by atoms with van der Waals surface area (Å²) in [5, 5.41) is 3.53. The highest BCUT2D eigenvalue weighted by atomic mass is 35.5. The van der Waals surface area contributed by atoms with Gasteiger partial charge in [-0.15, -0.1) is 0 Å². The normalized spacial score (nSPS) is 10.1.